The van der Waals surface area contributed by atoms with Crippen LogP contribution in [0.2, 0.25) is 0 Å². The highest BCUT2D eigenvalue weighted by molar-refractivity contribution is 6.03. The molecule has 3 N–H and O–H groups in total. The van der Waals surface area contributed by atoms with Crippen molar-refractivity contribution in [1.29, 1.82) is 0 Å². The summed E-state index contributed by atoms with van der Waals surface area (Å²) in [5, 5.41) is 29.5. The highest BCUT2D eigenvalue weighted by atomic mass is 16.4. The predicted octanol–water partition coefficient (Wildman–Crippen LogP) is 1.52. The number of benzene rings is 1. The van der Waals surface area contributed by atoms with E-state index in [1.54, 1.807) is 6.92 Å². The van der Waals surface area contributed by atoms with Gasteiger partial charge in [0, 0.05) is 24.5 Å². The first kappa shape index (κ1) is 14.3. The molecule has 0 spiro atoms. The fraction of sp³-hybridized carbons (Fsp3) is 0.250. The van der Waals surface area contributed by atoms with E-state index in [0.717, 1.165) is 6.07 Å². The predicted molar refractivity (Wildman–Crippen MR) is 77.1 cm³/mol. The van der Waals surface area contributed by atoms with E-state index >= 15 is 0 Å². The number of fused-ring (bicyclic) bond motifs is 1. The number of phenolic OH excluding ortho intramolecular Hbond substituents is 1. The van der Waals surface area contributed by atoms with E-state index in [4.69, 9.17) is 4.42 Å². The van der Waals surface area contributed by atoms with Crippen molar-refractivity contribution in [2.24, 2.45) is 0 Å². The normalized spacial score (nSPS) is 17.4. The molecule has 114 valence electrons. The van der Waals surface area contributed by atoms with Gasteiger partial charge >= 0.3 is 5.63 Å². The number of aliphatic hydroxyl groups excluding tert-OH is 1. The van der Waals surface area contributed by atoms with Crippen LogP contribution < -0.4 is 5.63 Å². The zero-order chi connectivity index (χ0) is 16.0. The molecule has 0 bridgehead atoms. The minimum absolute atomic E-state index is 0.0625. The number of aromatic hydroxyl groups is 2. The Morgan fingerprint density at radius 3 is 2.50 bits per heavy atom. The summed E-state index contributed by atoms with van der Waals surface area (Å²) in [6.45, 7) is 1.69. The quantitative estimate of drug-likeness (QED) is 0.737. The van der Waals surface area contributed by atoms with Gasteiger partial charge in [0.25, 0.3) is 0 Å². The van der Waals surface area contributed by atoms with Gasteiger partial charge in [-0.3, -0.25) is 4.79 Å². The van der Waals surface area contributed by atoms with Crippen molar-refractivity contribution in [2.75, 3.05) is 0 Å². The topological polar surface area (TPSA) is 108 Å². The summed E-state index contributed by atoms with van der Waals surface area (Å²) in [7, 11) is 0. The zero-order valence-corrected chi connectivity index (χ0v) is 11.8. The Morgan fingerprint density at radius 2 is 1.82 bits per heavy atom. The summed E-state index contributed by atoms with van der Waals surface area (Å²) >= 11 is 0. The fourth-order valence-electron chi connectivity index (χ4n) is 2.94. The highest BCUT2D eigenvalue weighted by Gasteiger charge is 2.30. The minimum Gasteiger partial charge on any atom is -0.508 e. The Bertz CT molecular complexity index is 833. The van der Waals surface area contributed by atoms with Crippen LogP contribution in [0.25, 0.3) is 11.3 Å². The molecule has 0 aliphatic heterocycles. The number of aryl methyl sites for hydroxylation is 1. The zero-order valence-electron chi connectivity index (χ0n) is 11.8. The average molecular weight is 302 g/mol. The van der Waals surface area contributed by atoms with Gasteiger partial charge in [0.15, 0.2) is 5.78 Å². The third-order valence-corrected chi connectivity index (χ3v) is 3.75. The number of carbonyl (C=O) groups excluding carboxylic acids is 1. The number of hydrogen-bond acceptors (Lipinski definition) is 6. The number of carbonyl (C=O) groups is 1. The Balaban J connectivity index is 2.35. The average Bonchev–Trinajstić information content (AvgIpc) is 2.35. The van der Waals surface area contributed by atoms with Crippen LogP contribution in [-0.4, -0.2) is 27.2 Å². The molecule has 1 aliphatic rings. The summed E-state index contributed by atoms with van der Waals surface area (Å²) in [5.41, 5.74) is 0.852. The van der Waals surface area contributed by atoms with Crippen molar-refractivity contribution in [1.82, 2.24) is 0 Å². The van der Waals surface area contributed by atoms with E-state index in [1.807, 2.05) is 0 Å². The number of hydrogen-bond donors (Lipinski definition) is 3. The molecule has 6 nitrogen and oxygen atoms in total. The van der Waals surface area contributed by atoms with Crippen LogP contribution in [0.15, 0.2) is 27.4 Å². The summed E-state index contributed by atoms with van der Waals surface area (Å²) in [6.07, 6.45) is -0.762. The molecule has 0 fully saturated rings. The standard InChI is InChI=1S/C16H14O6/c1-7-2-11(19)16-10(3-8(17)4-12(16)20)15(7)13-5-9(18)6-14(21)22-13/h2,5-6,8,17-19H,3-4H2,1H3/t8-/m1/s1. The van der Waals surface area contributed by atoms with Crippen LogP contribution in [-0.2, 0) is 6.42 Å². The molecule has 1 aliphatic carbocycles. The second-order valence-corrected chi connectivity index (χ2v) is 5.43. The van der Waals surface area contributed by atoms with Crippen molar-refractivity contribution in [3.05, 3.63) is 45.3 Å². The molecule has 0 radical (unpaired) electrons. The molecule has 1 atom stereocenters. The van der Waals surface area contributed by atoms with Crippen molar-refractivity contribution < 1.29 is 24.5 Å². The monoisotopic (exact) mass is 302 g/mol. The van der Waals surface area contributed by atoms with E-state index < -0.39 is 11.7 Å². The molecule has 6 heteroatoms. The molecule has 0 unspecified atom stereocenters. The molecular formula is C16H14O6. The lowest BCUT2D eigenvalue weighted by molar-refractivity contribution is 0.0850. The van der Waals surface area contributed by atoms with Gasteiger partial charge in [0.05, 0.1) is 17.7 Å². The van der Waals surface area contributed by atoms with Crippen molar-refractivity contribution in [3.8, 4) is 22.8 Å². The molecule has 0 saturated heterocycles. The molecule has 1 heterocycles. The second kappa shape index (κ2) is 4.99. The van der Waals surface area contributed by atoms with Gasteiger partial charge in [-0.2, -0.15) is 0 Å². The first-order valence-electron chi connectivity index (χ1n) is 6.78. The molecule has 3 rings (SSSR count). The first-order valence-corrected chi connectivity index (χ1v) is 6.78. The van der Waals surface area contributed by atoms with Crippen LogP contribution in [0, 0.1) is 6.92 Å². The first-order chi connectivity index (χ1) is 10.4. The molecule has 0 amide bonds. The maximum Gasteiger partial charge on any atom is 0.339 e. The van der Waals surface area contributed by atoms with Gasteiger partial charge in [-0.15, -0.1) is 0 Å². The number of phenols is 1. The largest absolute Gasteiger partial charge is 0.508 e. The second-order valence-electron chi connectivity index (χ2n) is 5.43. The molecule has 1 aromatic heterocycles. The SMILES string of the molecule is Cc1cc(O)c2c(c1-c1cc(O)cc(=O)o1)C[C@@H](O)CC2=O. The number of ketones is 1. The third-order valence-electron chi connectivity index (χ3n) is 3.75. The van der Waals surface area contributed by atoms with E-state index in [-0.39, 0.29) is 41.4 Å². The summed E-state index contributed by atoms with van der Waals surface area (Å²) in [4.78, 5) is 23.6. The number of Topliss-reactive ketones (excluding diaryl/α,β-unsaturated/α-hetero) is 1. The van der Waals surface area contributed by atoms with Crippen molar-refractivity contribution in [2.45, 2.75) is 25.9 Å². The van der Waals surface area contributed by atoms with Gasteiger partial charge in [-0.1, -0.05) is 0 Å². The van der Waals surface area contributed by atoms with E-state index in [2.05, 4.69) is 0 Å². The van der Waals surface area contributed by atoms with Crippen LogP contribution in [0.3, 0.4) is 0 Å². The van der Waals surface area contributed by atoms with E-state index in [9.17, 15) is 24.9 Å². The lowest BCUT2D eigenvalue weighted by Gasteiger charge is -2.24. The maximum absolute atomic E-state index is 12.1. The lowest BCUT2D eigenvalue weighted by atomic mass is 9.82. The molecular weight excluding hydrogens is 288 g/mol. The Kier molecular flexibility index (Phi) is 3.26. The maximum atomic E-state index is 12.1. The minimum atomic E-state index is -0.857. The molecule has 22 heavy (non-hydrogen) atoms. The lowest BCUT2D eigenvalue weighted by Crippen LogP contribution is -2.25. The Labute approximate surface area is 125 Å². The van der Waals surface area contributed by atoms with Crippen LogP contribution in [0.4, 0.5) is 0 Å². The number of rotatable bonds is 1. The molecule has 2 aromatic rings. The Hall–Kier alpha value is -2.60. The summed E-state index contributed by atoms with van der Waals surface area (Å²) in [6, 6.07) is 3.62. The van der Waals surface area contributed by atoms with Crippen molar-refractivity contribution in [3.63, 3.8) is 0 Å². The number of aliphatic hydroxyl groups is 1. The third kappa shape index (κ3) is 2.27. The van der Waals surface area contributed by atoms with Gasteiger partial charge in [0.1, 0.15) is 17.3 Å². The van der Waals surface area contributed by atoms with Gasteiger partial charge < -0.3 is 19.7 Å². The van der Waals surface area contributed by atoms with Crippen LogP contribution in [0.5, 0.6) is 11.5 Å². The Morgan fingerprint density at radius 1 is 1.09 bits per heavy atom. The van der Waals surface area contributed by atoms with Gasteiger partial charge in [0.2, 0.25) is 0 Å². The fourth-order valence-corrected chi connectivity index (χ4v) is 2.94. The van der Waals surface area contributed by atoms with Crippen LogP contribution >= 0.6 is 0 Å². The van der Waals surface area contributed by atoms with E-state index in [1.165, 1.54) is 12.1 Å². The van der Waals surface area contributed by atoms with Gasteiger partial charge in [-0.05, 0) is 24.1 Å². The van der Waals surface area contributed by atoms with Gasteiger partial charge in [-0.25, -0.2) is 4.79 Å². The van der Waals surface area contributed by atoms with E-state index in [0.29, 0.717) is 16.7 Å². The molecule has 0 saturated carbocycles. The van der Waals surface area contributed by atoms with Crippen molar-refractivity contribution >= 4 is 5.78 Å². The highest BCUT2D eigenvalue weighted by Crippen LogP contribution is 2.39. The molecule has 1 aromatic carbocycles. The summed E-state index contributed by atoms with van der Waals surface area (Å²) in [5.74, 6) is -0.679. The summed E-state index contributed by atoms with van der Waals surface area (Å²) < 4.78 is 5.11. The van der Waals surface area contributed by atoms with Crippen LogP contribution in [0.1, 0.15) is 27.9 Å². The smallest absolute Gasteiger partial charge is 0.339 e.